The third kappa shape index (κ3) is 2.07. The Morgan fingerprint density at radius 2 is 1.88 bits per heavy atom. The molecule has 16 heavy (non-hydrogen) atoms. The quantitative estimate of drug-likeness (QED) is 0.414. The van der Waals surface area contributed by atoms with E-state index in [0.29, 0.717) is 5.71 Å². The largest absolute Gasteiger partial charge is 0.399 e. The Hall–Kier alpha value is -0.650. The van der Waals surface area contributed by atoms with E-state index in [9.17, 15) is 0 Å². The van der Waals surface area contributed by atoms with Crippen molar-refractivity contribution in [2.24, 2.45) is 5.16 Å². The molecular formula is C11H19NO4. The number of ether oxygens (including phenoxy) is 1. The first-order chi connectivity index (χ1) is 7.60. The van der Waals surface area contributed by atoms with Crippen molar-refractivity contribution in [1.82, 2.24) is 0 Å². The predicted molar refractivity (Wildman–Crippen MR) is 57.6 cm³/mol. The van der Waals surface area contributed by atoms with Gasteiger partial charge < -0.3 is 9.57 Å². The van der Waals surface area contributed by atoms with Crippen molar-refractivity contribution in [1.29, 1.82) is 0 Å². The normalized spacial score (nSPS) is 34.3. The highest BCUT2D eigenvalue weighted by atomic mass is 17.3. The van der Waals surface area contributed by atoms with Gasteiger partial charge in [0.25, 0.3) is 0 Å². The zero-order valence-corrected chi connectivity index (χ0v) is 10.1. The molecular weight excluding hydrogens is 210 g/mol. The molecule has 0 amide bonds. The summed E-state index contributed by atoms with van der Waals surface area (Å²) >= 11 is 0. The van der Waals surface area contributed by atoms with Gasteiger partial charge in [-0.25, -0.2) is 0 Å². The van der Waals surface area contributed by atoms with Crippen LogP contribution in [0.1, 0.15) is 46.0 Å². The second-order valence-corrected chi connectivity index (χ2v) is 4.55. The van der Waals surface area contributed by atoms with E-state index < -0.39 is 11.6 Å². The first-order valence-corrected chi connectivity index (χ1v) is 5.75. The molecule has 0 aromatic carbocycles. The molecule has 0 radical (unpaired) electrons. The van der Waals surface area contributed by atoms with Crippen molar-refractivity contribution < 1.29 is 19.3 Å². The number of nitrogens with zero attached hydrogens (tertiary/aromatic N) is 1. The maximum atomic E-state index is 5.94. The molecule has 2 fully saturated rings. The Balaban J connectivity index is 2.08. The summed E-state index contributed by atoms with van der Waals surface area (Å²) in [5.74, 6) is -1.50. The van der Waals surface area contributed by atoms with Crippen LogP contribution in [0.5, 0.6) is 0 Å². The first kappa shape index (κ1) is 11.8. The van der Waals surface area contributed by atoms with E-state index in [2.05, 4.69) is 5.16 Å². The smallest absolute Gasteiger partial charge is 0.243 e. The molecule has 0 aromatic rings. The zero-order chi connectivity index (χ0) is 11.6. The van der Waals surface area contributed by atoms with Crippen LogP contribution in [0.4, 0.5) is 0 Å². The monoisotopic (exact) mass is 229 g/mol. The fourth-order valence-corrected chi connectivity index (χ4v) is 2.17. The van der Waals surface area contributed by atoms with Gasteiger partial charge in [0.2, 0.25) is 11.6 Å². The Morgan fingerprint density at radius 1 is 1.19 bits per heavy atom. The lowest BCUT2D eigenvalue weighted by molar-refractivity contribution is -0.342. The molecule has 1 unspecified atom stereocenters. The summed E-state index contributed by atoms with van der Waals surface area (Å²) in [5.41, 5.74) is 0.623. The van der Waals surface area contributed by atoms with Crippen molar-refractivity contribution >= 4 is 5.71 Å². The number of rotatable bonds is 2. The summed E-state index contributed by atoms with van der Waals surface area (Å²) < 4.78 is 5.94. The Bertz CT molecular complexity index is 286. The first-order valence-electron chi connectivity index (χ1n) is 5.75. The summed E-state index contributed by atoms with van der Waals surface area (Å²) in [4.78, 5) is 15.5. The van der Waals surface area contributed by atoms with Crippen molar-refractivity contribution in [3.63, 3.8) is 0 Å². The van der Waals surface area contributed by atoms with Gasteiger partial charge in [-0.15, -0.1) is 0 Å². The molecule has 1 saturated carbocycles. The average Bonchev–Trinajstić information content (AvgIpc) is 2.59. The Morgan fingerprint density at radius 3 is 2.50 bits per heavy atom. The highest BCUT2D eigenvalue weighted by Crippen LogP contribution is 2.42. The lowest BCUT2D eigenvalue weighted by Gasteiger charge is -2.30. The zero-order valence-electron chi connectivity index (χ0n) is 10.1. The molecule has 0 bridgehead atoms. The van der Waals surface area contributed by atoms with Gasteiger partial charge in [0.15, 0.2) is 0 Å². The SMILES string of the molecule is CO/N=C(\C)C1(C)OOC2(CCCCC2)O1. The van der Waals surface area contributed by atoms with E-state index in [1.165, 1.54) is 13.5 Å². The van der Waals surface area contributed by atoms with Gasteiger partial charge in [0.05, 0.1) is 0 Å². The van der Waals surface area contributed by atoms with Crippen molar-refractivity contribution in [2.45, 2.75) is 57.5 Å². The minimum Gasteiger partial charge on any atom is -0.399 e. The molecule has 1 aliphatic heterocycles. The molecule has 1 aliphatic carbocycles. The van der Waals surface area contributed by atoms with Gasteiger partial charge in [-0.2, -0.15) is 9.78 Å². The number of hydrogen-bond donors (Lipinski definition) is 0. The van der Waals surface area contributed by atoms with Crippen molar-refractivity contribution in [3.8, 4) is 0 Å². The van der Waals surface area contributed by atoms with Gasteiger partial charge in [-0.3, -0.25) is 0 Å². The lowest BCUT2D eigenvalue weighted by Crippen LogP contribution is -2.40. The molecule has 2 rings (SSSR count). The molecule has 1 atom stereocenters. The van der Waals surface area contributed by atoms with Crippen LogP contribution in [-0.4, -0.2) is 24.4 Å². The van der Waals surface area contributed by atoms with Gasteiger partial charge in [-0.1, -0.05) is 11.6 Å². The van der Waals surface area contributed by atoms with Crippen LogP contribution in [-0.2, 0) is 19.3 Å². The van der Waals surface area contributed by atoms with Gasteiger partial charge in [0, 0.05) is 12.8 Å². The maximum absolute atomic E-state index is 5.94. The summed E-state index contributed by atoms with van der Waals surface area (Å²) in [7, 11) is 1.50. The Labute approximate surface area is 95.6 Å². The number of oxime groups is 1. The van der Waals surface area contributed by atoms with E-state index in [4.69, 9.17) is 19.3 Å². The highest BCUT2D eigenvalue weighted by molar-refractivity contribution is 5.88. The standard InChI is InChI=1S/C11H19NO4/c1-9(12-13-3)10(2)14-11(16-15-10)7-5-4-6-8-11/h4-8H2,1-3H3/b12-9+. The molecule has 1 heterocycles. The second-order valence-electron chi connectivity index (χ2n) is 4.55. The lowest BCUT2D eigenvalue weighted by atomic mass is 9.94. The van der Waals surface area contributed by atoms with Crippen LogP contribution >= 0.6 is 0 Å². The third-order valence-electron chi connectivity index (χ3n) is 3.23. The topological polar surface area (TPSA) is 49.3 Å². The van der Waals surface area contributed by atoms with Crippen LogP contribution in [0.25, 0.3) is 0 Å². The number of hydrogen-bond acceptors (Lipinski definition) is 5. The fourth-order valence-electron chi connectivity index (χ4n) is 2.17. The Kier molecular flexibility index (Phi) is 3.19. The van der Waals surface area contributed by atoms with Crippen LogP contribution in [0, 0.1) is 0 Å². The second kappa shape index (κ2) is 4.31. The molecule has 5 nitrogen and oxygen atoms in total. The van der Waals surface area contributed by atoms with Crippen molar-refractivity contribution in [2.75, 3.05) is 7.11 Å². The molecule has 5 heteroatoms. The molecule has 0 N–H and O–H groups in total. The molecule has 2 aliphatic rings. The van der Waals surface area contributed by atoms with Crippen molar-refractivity contribution in [3.05, 3.63) is 0 Å². The van der Waals surface area contributed by atoms with E-state index >= 15 is 0 Å². The van der Waals surface area contributed by atoms with Crippen LogP contribution in [0.3, 0.4) is 0 Å². The van der Waals surface area contributed by atoms with Gasteiger partial charge in [-0.05, 0) is 26.7 Å². The third-order valence-corrected chi connectivity index (χ3v) is 3.23. The molecule has 1 saturated heterocycles. The van der Waals surface area contributed by atoms with E-state index in [-0.39, 0.29) is 0 Å². The van der Waals surface area contributed by atoms with E-state index in [0.717, 1.165) is 25.7 Å². The van der Waals surface area contributed by atoms with Gasteiger partial charge >= 0.3 is 0 Å². The minimum absolute atomic E-state index is 0.572. The molecule has 1 spiro atoms. The van der Waals surface area contributed by atoms with E-state index in [1.54, 1.807) is 13.8 Å². The van der Waals surface area contributed by atoms with Crippen LogP contribution in [0.15, 0.2) is 5.16 Å². The van der Waals surface area contributed by atoms with Crippen LogP contribution < -0.4 is 0 Å². The summed E-state index contributed by atoms with van der Waals surface area (Å²) in [5, 5.41) is 3.84. The fraction of sp³-hybridized carbons (Fsp3) is 0.909. The maximum Gasteiger partial charge on any atom is 0.243 e. The van der Waals surface area contributed by atoms with E-state index in [1.807, 2.05) is 0 Å². The predicted octanol–water partition coefficient (Wildman–Crippen LogP) is 2.36. The van der Waals surface area contributed by atoms with Crippen LogP contribution in [0.2, 0.25) is 0 Å². The minimum atomic E-state index is -0.923. The summed E-state index contributed by atoms with van der Waals surface area (Å²) in [6.45, 7) is 3.60. The van der Waals surface area contributed by atoms with Gasteiger partial charge in [0.1, 0.15) is 12.8 Å². The summed E-state index contributed by atoms with van der Waals surface area (Å²) in [6.07, 6.45) is 5.21. The summed E-state index contributed by atoms with van der Waals surface area (Å²) in [6, 6.07) is 0. The molecule has 0 aromatic heterocycles. The highest BCUT2D eigenvalue weighted by Gasteiger charge is 2.52. The molecule has 92 valence electrons. The average molecular weight is 229 g/mol.